The van der Waals surface area contributed by atoms with E-state index in [1.54, 1.807) is 19.2 Å². The predicted octanol–water partition coefficient (Wildman–Crippen LogP) is 3.26. The molecule has 0 aliphatic carbocycles. The molecule has 1 N–H and O–H groups in total. The largest absolute Gasteiger partial charge is 0.573 e. The summed E-state index contributed by atoms with van der Waals surface area (Å²) in [4.78, 5) is 0. The van der Waals surface area contributed by atoms with Crippen LogP contribution in [0.3, 0.4) is 0 Å². The van der Waals surface area contributed by atoms with E-state index in [2.05, 4.69) is 16.0 Å². The molecule has 98 valence electrons. The lowest BCUT2D eigenvalue weighted by Gasteiger charge is -2.16. The first-order valence-electron chi connectivity index (χ1n) is 5.42. The van der Waals surface area contributed by atoms with Gasteiger partial charge in [0, 0.05) is 12.5 Å². The van der Waals surface area contributed by atoms with Gasteiger partial charge in [-0.25, -0.2) is 0 Å². The van der Waals surface area contributed by atoms with Gasteiger partial charge in [-0.2, -0.15) is 0 Å². The van der Waals surface area contributed by atoms with Crippen LogP contribution in [0.25, 0.3) is 0 Å². The van der Waals surface area contributed by atoms with Crippen molar-refractivity contribution in [1.29, 1.82) is 0 Å². The van der Waals surface area contributed by atoms with Crippen LogP contribution in [0.2, 0.25) is 0 Å². The first-order valence-corrected chi connectivity index (χ1v) is 5.42. The van der Waals surface area contributed by atoms with Crippen LogP contribution in [0.1, 0.15) is 24.4 Å². The molecule has 1 rings (SSSR count). The summed E-state index contributed by atoms with van der Waals surface area (Å²) < 4.78 is 39.7. The van der Waals surface area contributed by atoms with Crippen molar-refractivity contribution >= 4 is 0 Å². The molecule has 0 saturated carbocycles. The molecular formula is C13H14F3NO. The molecule has 0 spiro atoms. The van der Waals surface area contributed by atoms with E-state index in [-0.39, 0.29) is 11.8 Å². The van der Waals surface area contributed by atoms with Crippen molar-refractivity contribution in [2.75, 3.05) is 7.05 Å². The minimum absolute atomic E-state index is 0.0287. The van der Waals surface area contributed by atoms with Crippen LogP contribution in [0.4, 0.5) is 13.2 Å². The highest BCUT2D eigenvalue weighted by Crippen LogP contribution is 2.25. The second kappa shape index (κ2) is 6.31. The summed E-state index contributed by atoms with van der Waals surface area (Å²) in [5.41, 5.74) is 0.877. The standard InChI is InChI=1S/C13H14F3NO/c1-3-4-5-12(17-2)10-6-8-11(9-7-10)18-13(14,15)16/h1,6-9,12,17H,4-5H2,2H3. The monoisotopic (exact) mass is 257 g/mol. The van der Waals surface area contributed by atoms with Crippen molar-refractivity contribution in [3.05, 3.63) is 29.8 Å². The van der Waals surface area contributed by atoms with E-state index in [9.17, 15) is 13.2 Å². The molecule has 0 fully saturated rings. The summed E-state index contributed by atoms with van der Waals surface area (Å²) in [5, 5.41) is 3.06. The van der Waals surface area contributed by atoms with E-state index in [4.69, 9.17) is 6.42 Å². The van der Waals surface area contributed by atoms with Gasteiger partial charge in [0.25, 0.3) is 0 Å². The number of terminal acetylenes is 1. The topological polar surface area (TPSA) is 21.3 Å². The van der Waals surface area contributed by atoms with Gasteiger partial charge in [0.2, 0.25) is 0 Å². The van der Waals surface area contributed by atoms with E-state index in [0.717, 1.165) is 12.0 Å². The zero-order chi connectivity index (χ0) is 13.6. The normalized spacial score (nSPS) is 12.8. The number of rotatable bonds is 5. The summed E-state index contributed by atoms with van der Waals surface area (Å²) in [6.07, 6.45) is 1.85. The maximum Gasteiger partial charge on any atom is 0.573 e. The Labute approximate surface area is 104 Å². The Balaban J connectivity index is 2.72. The number of hydrogen-bond donors (Lipinski definition) is 1. The summed E-state index contributed by atoms with van der Waals surface area (Å²) in [6, 6.07) is 5.81. The molecule has 2 nitrogen and oxygen atoms in total. The van der Waals surface area contributed by atoms with E-state index in [1.807, 2.05) is 0 Å². The zero-order valence-electron chi connectivity index (χ0n) is 9.92. The number of hydrogen-bond acceptors (Lipinski definition) is 2. The summed E-state index contributed by atoms with van der Waals surface area (Å²) >= 11 is 0. The predicted molar refractivity (Wildman–Crippen MR) is 63.0 cm³/mol. The lowest BCUT2D eigenvalue weighted by atomic mass is 10.0. The molecule has 1 aromatic rings. The van der Waals surface area contributed by atoms with Gasteiger partial charge in [-0.1, -0.05) is 12.1 Å². The molecular weight excluding hydrogens is 243 g/mol. The first-order chi connectivity index (χ1) is 8.46. The van der Waals surface area contributed by atoms with E-state index < -0.39 is 6.36 Å². The first kappa shape index (κ1) is 14.4. The Morgan fingerprint density at radius 3 is 2.39 bits per heavy atom. The fourth-order valence-electron chi connectivity index (χ4n) is 1.61. The average Bonchev–Trinajstić information content (AvgIpc) is 2.30. The average molecular weight is 257 g/mol. The van der Waals surface area contributed by atoms with Crippen LogP contribution in [-0.4, -0.2) is 13.4 Å². The highest BCUT2D eigenvalue weighted by Gasteiger charge is 2.31. The fourth-order valence-corrected chi connectivity index (χ4v) is 1.61. The maximum absolute atomic E-state index is 12.0. The molecule has 0 radical (unpaired) electrons. The van der Waals surface area contributed by atoms with Crippen molar-refractivity contribution < 1.29 is 17.9 Å². The Hall–Kier alpha value is -1.67. The molecule has 0 heterocycles. The van der Waals surface area contributed by atoms with Gasteiger partial charge in [0.05, 0.1) is 0 Å². The molecule has 0 aliphatic rings. The van der Waals surface area contributed by atoms with E-state index >= 15 is 0 Å². The highest BCUT2D eigenvalue weighted by molar-refractivity contribution is 5.29. The van der Waals surface area contributed by atoms with Crippen LogP contribution >= 0.6 is 0 Å². The molecule has 0 saturated heterocycles. The second-order valence-electron chi connectivity index (χ2n) is 3.70. The Bertz CT molecular complexity index is 406. The molecule has 0 aromatic heterocycles. The van der Waals surface area contributed by atoms with Crippen LogP contribution < -0.4 is 10.1 Å². The minimum atomic E-state index is -4.66. The van der Waals surface area contributed by atoms with Gasteiger partial charge >= 0.3 is 6.36 Å². The van der Waals surface area contributed by atoms with E-state index in [0.29, 0.717) is 6.42 Å². The molecule has 1 aromatic carbocycles. The molecule has 5 heteroatoms. The van der Waals surface area contributed by atoms with Gasteiger partial charge in [-0.05, 0) is 31.2 Å². The Kier molecular flexibility index (Phi) is 5.05. The van der Waals surface area contributed by atoms with Gasteiger partial charge in [-0.3, -0.25) is 0 Å². The second-order valence-corrected chi connectivity index (χ2v) is 3.70. The number of benzene rings is 1. The van der Waals surface area contributed by atoms with Gasteiger partial charge in [0.15, 0.2) is 0 Å². The quantitative estimate of drug-likeness (QED) is 0.817. The lowest BCUT2D eigenvalue weighted by Crippen LogP contribution is -2.18. The number of halogens is 3. The fraction of sp³-hybridized carbons (Fsp3) is 0.385. The zero-order valence-corrected chi connectivity index (χ0v) is 9.92. The number of alkyl halides is 3. The third-order valence-corrected chi connectivity index (χ3v) is 2.44. The summed E-state index contributed by atoms with van der Waals surface area (Å²) in [5.74, 6) is 2.31. The number of ether oxygens (including phenoxy) is 1. The molecule has 0 aliphatic heterocycles. The Morgan fingerprint density at radius 1 is 1.33 bits per heavy atom. The smallest absolute Gasteiger partial charge is 0.406 e. The van der Waals surface area contributed by atoms with Crippen molar-refractivity contribution in [2.45, 2.75) is 25.2 Å². The van der Waals surface area contributed by atoms with Gasteiger partial charge in [-0.15, -0.1) is 25.5 Å². The van der Waals surface area contributed by atoms with Crippen molar-refractivity contribution in [3.8, 4) is 18.1 Å². The molecule has 1 unspecified atom stereocenters. The van der Waals surface area contributed by atoms with Crippen molar-refractivity contribution in [3.63, 3.8) is 0 Å². The third kappa shape index (κ3) is 4.68. The lowest BCUT2D eigenvalue weighted by molar-refractivity contribution is -0.274. The third-order valence-electron chi connectivity index (χ3n) is 2.44. The molecule has 18 heavy (non-hydrogen) atoms. The van der Waals surface area contributed by atoms with E-state index in [1.165, 1.54) is 12.1 Å². The van der Waals surface area contributed by atoms with Crippen LogP contribution in [0, 0.1) is 12.3 Å². The van der Waals surface area contributed by atoms with Crippen LogP contribution in [-0.2, 0) is 0 Å². The highest BCUT2D eigenvalue weighted by atomic mass is 19.4. The maximum atomic E-state index is 12.0. The van der Waals surface area contributed by atoms with Crippen LogP contribution in [0.15, 0.2) is 24.3 Å². The molecule has 0 amide bonds. The summed E-state index contributed by atoms with van der Waals surface area (Å²) in [7, 11) is 1.78. The van der Waals surface area contributed by atoms with Crippen LogP contribution in [0.5, 0.6) is 5.75 Å². The molecule has 1 atom stereocenters. The Morgan fingerprint density at radius 2 is 1.94 bits per heavy atom. The number of nitrogens with one attached hydrogen (secondary N) is 1. The molecule has 0 bridgehead atoms. The van der Waals surface area contributed by atoms with Gasteiger partial charge in [0.1, 0.15) is 5.75 Å². The minimum Gasteiger partial charge on any atom is -0.406 e. The SMILES string of the molecule is C#CCCC(NC)c1ccc(OC(F)(F)F)cc1. The van der Waals surface area contributed by atoms with Crippen molar-refractivity contribution in [1.82, 2.24) is 5.32 Å². The van der Waals surface area contributed by atoms with Gasteiger partial charge < -0.3 is 10.1 Å². The van der Waals surface area contributed by atoms with Crippen molar-refractivity contribution in [2.24, 2.45) is 0 Å². The summed E-state index contributed by atoms with van der Waals surface area (Å²) in [6.45, 7) is 0.